The molecule has 0 aliphatic carbocycles. The van der Waals surface area contributed by atoms with Crippen LogP contribution in [-0.2, 0) is 0 Å². The van der Waals surface area contributed by atoms with Crippen molar-refractivity contribution in [3.8, 4) is 0 Å². The maximum Gasteiger partial charge on any atom is 0.249 e. The molecule has 0 aromatic heterocycles. The number of para-hydroxylation sites is 2. The van der Waals surface area contributed by atoms with Gasteiger partial charge in [-0.1, -0.05) is 55.5 Å². The Morgan fingerprint density at radius 2 is 1.78 bits per heavy atom. The van der Waals surface area contributed by atoms with Crippen molar-refractivity contribution in [1.29, 1.82) is 0 Å². The topological polar surface area (TPSA) is 91.5 Å². The summed E-state index contributed by atoms with van der Waals surface area (Å²) in [4.78, 5) is 17.0. The lowest BCUT2D eigenvalue weighted by molar-refractivity contribution is 0.0999. The number of nitrogens with one attached hydrogen (secondary N) is 3. The first-order valence-corrected chi connectivity index (χ1v) is 11.0. The third-order valence-electron chi connectivity index (χ3n) is 5.60. The number of carbonyl (C=O) groups excluding carboxylic acids is 1. The van der Waals surface area contributed by atoms with Gasteiger partial charge in [-0.15, -0.1) is 0 Å². The Balaban J connectivity index is 1.70. The van der Waals surface area contributed by atoms with Gasteiger partial charge in [0.05, 0.1) is 6.04 Å². The Hall–Kier alpha value is -3.80. The molecule has 164 valence electrons. The van der Waals surface area contributed by atoms with Crippen LogP contribution in [0.2, 0.25) is 0 Å². The summed E-state index contributed by atoms with van der Waals surface area (Å²) in [5.41, 5.74) is 11.1. The third-order valence-corrected chi connectivity index (χ3v) is 5.60. The van der Waals surface area contributed by atoms with Crippen LogP contribution < -0.4 is 21.7 Å². The van der Waals surface area contributed by atoms with Crippen LogP contribution in [0.5, 0.6) is 0 Å². The molecule has 5 N–H and O–H groups in total. The molecule has 1 aliphatic rings. The lowest BCUT2D eigenvalue weighted by Gasteiger charge is -2.29. The van der Waals surface area contributed by atoms with Crippen LogP contribution in [0, 0.1) is 0 Å². The number of carbonyl (C=O) groups is 1. The zero-order chi connectivity index (χ0) is 22.5. The molecule has 0 saturated carbocycles. The Morgan fingerprint density at radius 3 is 2.59 bits per heavy atom. The van der Waals surface area contributed by atoms with Crippen molar-refractivity contribution in [2.24, 2.45) is 10.7 Å². The zero-order valence-corrected chi connectivity index (χ0v) is 18.4. The van der Waals surface area contributed by atoms with Gasteiger partial charge in [0, 0.05) is 34.6 Å². The summed E-state index contributed by atoms with van der Waals surface area (Å²) in [5, 5.41) is 10.6. The fourth-order valence-corrected chi connectivity index (χ4v) is 3.99. The molecule has 6 heteroatoms. The van der Waals surface area contributed by atoms with Gasteiger partial charge in [0.1, 0.15) is 12.0 Å². The lowest BCUT2D eigenvalue weighted by atomic mass is 10.0. The number of hydrogen-bond acceptors (Lipinski definition) is 5. The van der Waals surface area contributed by atoms with Crippen LogP contribution in [0.3, 0.4) is 0 Å². The second kappa shape index (κ2) is 9.56. The molecule has 2 unspecified atom stereocenters. The number of primary amides is 1. The summed E-state index contributed by atoms with van der Waals surface area (Å²) in [7, 11) is 0. The molecule has 1 amide bonds. The van der Waals surface area contributed by atoms with Gasteiger partial charge in [0.2, 0.25) is 5.91 Å². The number of benzene rings is 3. The van der Waals surface area contributed by atoms with Gasteiger partial charge < -0.3 is 21.7 Å². The number of nitrogens with two attached hydrogens (primary N) is 1. The molecule has 0 saturated heterocycles. The Morgan fingerprint density at radius 1 is 1.06 bits per heavy atom. The molecule has 3 aromatic rings. The number of anilines is 2. The summed E-state index contributed by atoms with van der Waals surface area (Å²) in [6.45, 7) is 5.21. The quantitative estimate of drug-likeness (QED) is 0.435. The lowest BCUT2D eigenvalue weighted by Crippen LogP contribution is -2.33. The molecule has 2 atom stereocenters. The standard InChI is InChI=1S/C26H29N5O/c1-3-16-28-22-14-8-6-10-18(22)17(2)29-26-21-13-7-9-15-23(21)30-25(31-26)20-12-5-4-11-19(20)24(27)32/h4-15,17,25,28,30H,3,16H2,1-2H3,(H2,27,32)(H,29,31). The fourth-order valence-electron chi connectivity index (χ4n) is 3.99. The first-order valence-electron chi connectivity index (χ1n) is 11.0. The smallest absolute Gasteiger partial charge is 0.249 e. The van der Waals surface area contributed by atoms with E-state index in [1.54, 1.807) is 6.07 Å². The first kappa shape index (κ1) is 21.4. The van der Waals surface area contributed by atoms with E-state index in [-0.39, 0.29) is 6.04 Å². The van der Waals surface area contributed by atoms with E-state index >= 15 is 0 Å². The summed E-state index contributed by atoms with van der Waals surface area (Å²) in [6.07, 6.45) is 0.639. The first-order chi connectivity index (χ1) is 15.6. The minimum atomic E-state index is -0.463. The van der Waals surface area contributed by atoms with E-state index in [9.17, 15) is 4.79 Å². The average molecular weight is 428 g/mol. The van der Waals surface area contributed by atoms with E-state index in [1.807, 2.05) is 48.5 Å². The number of amidine groups is 1. The third kappa shape index (κ3) is 4.44. The predicted octanol–water partition coefficient (Wildman–Crippen LogP) is 4.83. The van der Waals surface area contributed by atoms with E-state index in [1.165, 1.54) is 5.56 Å². The molecule has 6 nitrogen and oxygen atoms in total. The van der Waals surface area contributed by atoms with Crippen LogP contribution >= 0.6 is 0 Å². The fraction of sp³-hybridized carbons (Fsp3) is 0.231. The number of fused-ring (bicyclic) bond motifs is 1. The highest BCUT2D eigenvalue weighted by molar-refractivity contribution is 6.05. The molecule has 0 fully saturated rings. The van der Waals surface area contributed by atoms with Crippen molar-refractivity contribution in [1.82, 2.24) is 5.32 Å². The molecule has 1 heterocycles. The van der Waals surface area contributed by atoms with Gasteiger partial charge in [0.25, 0.3) is 0 Å². The van der Waals surface area contributed by atoms with E-state index in [0.29, 0.717) is 5.56 Å². The second-order valence-corrected chi connectivity index (χ2v) is 7.90. The monoisotopic (exact) mass is 427 g/mol. The van der Waals surface area contributed by atoms with Crippen LogP contribution in [0.4, 0.5) is 11.4 Å². The van der Waals surface area contributed by atoms with Crippen molar-refractivity contribution in [2.75, 3.05) is 17.2 Å². The van der Waals surface area contributed by atoms with E-state index < -0.39 is 12.1 Å². The predicted molar refractivity (Wildman–Crippen MR) is 131 cm³/mol. The molecule has 32 heavy (non-hydrogen) atoms. The molecular weight excluding hydrogens is 398 g/mol. The molecule has 0 radical (unpaired) electrons. The van der Waals surface area contributed by atoms with Crippen molar-refractivity contribution in [2.45, 2.75) is 32.5 Å². The van der Waals surface area contributed by atoms with E-state index in [0.717, 1.165) is 41.3 Å². The van der Waals surface area contributed by atoms with Crippen molar-refractivity contribution < 1.29 is 4.79 Å². The Bertz CT molecular complexity index is 1140. The van der Waals surface area contributed by atoms with Crippen molar-refractivity contribution in [3.05, 3.63) is 95.1 Å². The highest BCUT2D eigenvalue weighted by Gasteiger charge is 2.25. The summed E-state index contributed by atoms with van der Waals surface area (Å²) in [5.74, 6) is 0.316. The van der Waals surface area contributed by atoms with Gasteiger partial charge in [-0.2, -0.15) is 0 Å². The van der Waals surface area contributed by atoms with Crippen LogP contribution in [0.25, 0.3) is 0 Å². The van der Waals surface area contributed by atoms with Crippen LogP contribution in [0.15, 0.2) is 77.8 Å². The largest absolute Gasteiger partial charge is 0.385 e. The molecule has 0 bridgehead atoms. The summed E-state index contributed by atoms with van der Waals surface area (Å²) >= 11 is 0. The zero-order valence-electron chi connectivity index (χ0n) is 18.4. The SMILES string of the molecule is CCCNc1ccccc1C(C)NC1=NC(c2ccccc2C(N)=O)Nc2ccccc21. The number of rotatable bonds is 7. The van der Waals surface area contributed by atoms with Gasteiger partial charge >= 0.3 is 0 Å². The maximum atomic E-state index is 12.0. The normalized spacial score (nSPS) is 15.7. The number of amides is 1. The molecule has 3 aromatic carbocycles. The van der Waals surface area contributed by atoms with Gasteiger partial charge in [-0.3, -0.25) is 4.79 Å². The minimum absolute atomic E-state index is 0.0208. The van der Waals surface area contributed by atoms with E-state index in [4.69, 9.17) is 10.7 Å². The average Bonchev–Trinajstić information content (AvgIpc) is 2.82. The molecular formula is C26H29N5O. The number of nitrogens with zero attached hydrogens (tertiary/aromatic N) is 1. The van der Waals surface area contributed by atoms with Crippen molar-refractivity contribution in [3.63, 3.8) is 0 Å². The number of hydrogen-bond donors (Lipinski definition) is 4. The summed E-state index contributed by atoms with van der Waals surface area (Å²) in [6, 6.07) is 23.7. The number of aliphatic imine (C=N–C) groups is 1. The molecule has 1 aliphatic heterocycles. The van der Waals surface area contributed by atoms with Gasteiger partial charge in [-0.05, 0) is 43.2 Å². The van der Waals surface area contributed by atoms with Gasteiger partial charge in [0.15, 0.2) is 0 Å². The Kier molecular flexibility index (Phi) is 6.40. The van der Waals surface area contributed by atoms with Crippen LogP contribution in [0.1, 0.15) is 59.5 Å². The Labute approximate surface area is 189 Å². The second-order valence-electron chi connectivity index (χ2n) is 7.90. The molecule has 0 spiro atoms. The van der Waals surface area contributed by atoms with Gasteiger partial charge in [-0.25, -0.2) is 4.99 Å². The van der Waals surface area contributed by atoms with Crippen molar-refractivity contribution >= 4 is 23.1 Å². The van der Waals surface area contributed by atoms with E-state index in [2.05, 4.69) is 48.0 Å². The highest BCUT2D eigenvalue weighted by Crippen LogP contribution is 2.32. The highest BCUT2D eigenvalue weighted by atomic mass is 16.1. The maximum absolute atomic E-state index is 12.0. The minimum Gasteiger partial charge on any atom is -0.385 e. The molecule has 4 rings (SSSR count). The summed E-state index contributed by atoms with van der Waals surface area (Å²) < 4.78 is 0. The van der Waals surface area contributed by atoms with Crippen LogP contribution in [-0.4, -0.2) is 18.3 Å².